The number of ether oxygens (including phenoxy) is 1. The number of carbonyl (C=O) groups excluding carboxylic acids is 1. The number of hydrogen-bond acceptors (Lipinski definition) is 3. The van der Waals surface area contributed by atoms with Gasteiger partial charge in [0, 0.05) is 6.54 Å². The summed E-state index contributed by atoms with van der Waals surface area (Å²) in [6.07, 6.45) is 12.0. The van der Waals surface area contributed by atoms with Gasteiger partial charge in [0.1, 0.15) is 5.75 Å². The van der Waals surface area contributed by atoms with Gasteiger partial charge in [-0.3, -0.25) is 4.79 Å². The van der Waals surface area contributed by atoms with Crippen LogP contribution in [0.4, 0.5) is 0 Å². The van der Waals surface area contributed by atoms with Crippen LogP contribution in [0.15, 0.2) is 36.4 Å². The van der Waals surface area contributed by atoms with Crippen molar-refractivity contribution in [3.8, 4) is 5.75 Å². The Labute approximate surface area is 261 Å². The molecule has 0 aromatic heterocycles. The number of benzene rings is 1. The second-order valence-electron chi connectivity index (χ2n) is 17.1. The number of amides is 1. The number of fused-ring (bicyclic) bond motifs is 7. The molecule has 1 amide bonds. The molecule has 5 aliphatic carbocycles. The first kappa shape index (κ1) is 31.2. The lowest BCUT2D eigenvalue weighted by Crippen LogP contribution is -2.67. The summed E-state index contributed by atoms with van der Waals surface area (Å²) in [5.74, 6) is 3.82. The van der Waals surface area contributed by atoms with Crippen LogP contribution in [0.2, 0.25) is 0 Å². The van der Waals surface area contributed by atoms with Gasteiger partial charge < -0.3 is 15.2 Å². The lowest BCUT2D eigenvalue weighted by molar-refractivity contribution is -0.246. The van der Waals surface area contributed by atoms with Crippen LogP contribution < -0.4 is 10.1 Å². The van der Waals surface area contributed by atoms with Gasteiger partial charge in [-0.1, -0.05) is 58.9 Å². The van der Waals surface area contributed by atoms with E-state index >= 15 is 0 Å². The van der Waals surface area contributed by atoms with Crippen molar-refractivity contribution in [1.29, 1.82) is 0 Å². The second kappa shape index (κ2) is 10.6. The van der Waals surface area contributed by atoms with E-state index in [1.807, 2.05) is 12.1 Å². The maximum absolute atomic E-state index is 14.4. The Bertz CT molecular complexity index is 1240. The summed E-state index contributed by atoms with van der Waals surface area (Å²) in [6, 6.07) is 8.22. The summed E-state index contributed by atoms with van der Waals surface area (Å²) in [6.45, 7) is 20.0. The fourth-order valence-corrected chi connectivity index (χ4v) is 12.8. The maximum atomic E-state index is 14.4. The molecular weight excluding hydrogens is 530 g/mol. The molecule has 4 heteroatoms. The fourth-order valence-electron chi connectivity index (χ4n) is 12.8. The van der Waals surface area contributed by atoms with Gasteiger partial charge in [-0.05, 0) is 146 Å². The van der Waals surface area contributed by atoms with Crippen LogP contribution in [-0.2, 0) is 11.2 Å². The lowest BCUT2D eigenvalue weighted by atomic mass is 9.32. The average Bonchev–Trinajstić information content (AvgIpc) is 3.37. The van der Waals surface area contributed by atoms with Crippen LogP contribution in [0.5, 0.6) is 5.75 Å². The van der Waals surface area contributed by atoms with Gasteiger partial charge in [0.25, 0.3) is 0 Å². The van der Waals surface area contributed by atoms with E-state index < -0.39 is 0 Å². The number of nitrogens with one attached hydrogen (secondary N) is 1. The van der Waals surface area contributed by atoms with Crippen molar-refractivity contribution in [3.05, 3.63) is 42.0 Å². The van der Waals surface area contributed by atoms with Gasteiger partial charge in [0.15, 0.2) is 0 Å². The van der Waals surface area contributed by atoms with E-state index in [1.165, 1.54) is 36.8 Å². The van der Waals surface area contributed by atoms with Crippen molar-refractivity contribution in [2.45, 2.75) is 118 Å². The average molecular weight is 590 g/mol. The summed E-state index contributed by atoms with van der Waals surface area (Å²) in [5.41, 5.74) is 2.99. The van der Waals surface area contributed by atoms with Gasteiger partial charge in [0.05, 0.1) is 18.6 Å². The SMILES string of the molecule is C=C(C)[C@@H]1CC[C@]2(C(=O)NCCc3ccc(OC)cc3)CC[C@]3(C)[C@H](CC[C@@H]4[C@@]5(C)CC[C@H](O)C(C)(C)[C@@H]5CC[C@]43C)[C@@H]12. The van der Waals surface area contributed by atoms with Crippen molar-refractivity contribution < 1.29 is 14.6 Å². The first-order valence-corrected chi connectivity index (χ1v) is 17.5. The van der Waals surface area contributed by atoms with E-state index in [-0.39, 0.29) is 33.2 Å². The highest BCUT2D eigenvalue weighted by Crippen LogP contribution is 2.77. The molecule has 0 unspecified atom stereocenters. The molecule has 0 aliphatic heterocycles. The zero-order chi connectivity index (χ0) is 31.0. The number of carbonyl (C=O) groups is 1. The van der Waals surface area contributed by atoms with E-state index in [4.69, 9.17) is 4.74 Å². The fraction of sp³-hybridized carbons (Fsp3) is 0.769. The van der Waals surface area contributed by atoms with E-state index in [0.717, 1.165) is 50.7 Å². The van der Waals surface area contributed by atoms with Gasteiger partial charge in [-0.2, -0.15) is 0 Å². The largest absolute Gasteiger partial charge is 0.497 e. The highest BCUT2D eigenvalue weighted by molar-refractivity contribution is 5.84. The molecule has 0 spiro atoms. The Morgan fingerprint density at radius 1 is 0.907 bits per heavy atom. The highest BCUT2D eigenvalue weighted by atomic mass is 16.5. The molecule has 6 rings (SSSR count). The summed E-state index contributed by atoms with van der Waals surface area (Å²) >= 11 is 0. The molecule has 5 saturated carbocycles. The zero-order valence-electron chi connectivity index (χ0n) is 28.2. The molecule has 43 heavy (non-hydrogen) atoms. The number of aliphatic hydroxyl groups excluding tert-OH is 1. The van der Waals surface area contributed by atoms with Crippen LogP contribution in [0.3, 0.4) is 0 Å². The van der Waals surface area contributed by atoms with E-state index in [2.05, 4.69) is 65.6 Å². The Kier molecular flexibility index (Phi) is 7.71. The molecule has 4 nitrogen and oxygen atoms in total. The van der Waals surface area contributed by atoms with Crippen molar-refractivity contribution in [1.82, 2.24) is 5.32 Å². The smallest absolute Gasteiger partial charge is 0.226 e. The molecule has 238 valence electrons. The molecule has 2 N–H and O–H groups in total. The van der Waals surface area contributed by atoms with Crippen LogP contribution in [-0.4, -0.2) is 30.8 Å². The minimum atomic E-state index is -0.269. The standard InChI is InChI=1S/C39H59NO3/c1-25(2)28-15-21-39(34(42)40-24-18-26-9-11-27(43-8)12-10-26)23-22-37(6)29(33(28)39)13-14-31-36(5)19-17-32(41)35(3,4)30(36)16-20-38(31,37)7/h9-12,28-33,41H,1,13-24H2,2-8H3,(H,40,42)/t28-,29+,30-,31+,32-,33+,36-,37+,38+,39-/m0/s1. The molecule has 0 heterocycles. The quantitative estimate of drug-likeness (QED) is 0.328. The lowest BCUT2D eigenvalue weighted by Gasteiger charge is -2.72. The molecule has 10 atom stereocenters. The van der Waals surface area contributed by atoms with Crippen LogP contribution in [0.1, 0.15) is 111 Å². The number of allylic oxidation sites excluding steroid dienone is 1. The summed E-state index contributed by atoms with van der Waals surface area (Å²) in [5, 5.41) is 14.5. The summed E-state index contributed by atoms with van der Waals surface area (Å²) in [4.78, 5) is 14.4. The third kappa shape index (κ3) is 4.42. The summed E-state index contributed by atoms with van der Waals surface area (Å²) in [7, 11) is 1.69. The third-order valence-corrected chi connectivity index (χ3v) is 15.4. The number of aliphatic hydroxyl groups is 1. The number of hydrogen-bond donors (Lipinski definition) is 2. The normalized spacial score (nSPS) is 44.7. The highest BCUT2D eigenvalue weighted by Gasteiger charge is 2.71. The summed E-state index contributed by atoms with van der Waals surface area (Å²) < 4.78 is 5.32. The van der Waals surface area contributed by atoms with Gasteiger partial charge >= 0.3 is 0 Å². The molecular formula is C39H59NO3. The van der Waals surface area contributed by atoms with Crippen LogP contribution in [0.25, 0.3) is 0 Å². The monoisotopic (exact) mass is 589 g/mol. The predicted octanol–water partition coefficient (Wildman–Crippen LogP) is 8.37. The third-order valence-electron chi connectivity index (χ3n) is 15.4. The maximum Gasteiger partial charge on any atom is 0.226 e. The number of rotatable bonds is 6. The molecule has 5 aliphatic rings. The number of methoxy groups -OCH3 is 1. The molecule has 1 aromatic rings. The molecule has 0 bridgehead atoms. The molecule has 5 fully saturated rings. The van der Waals surface area contributed by atoms with E-state index in [0.29, 0.717) is 42.0 Å². The molecule has 0 radical (unpaired) electrons. The van der Waals surface area contributed by atoms with Gasteiger partial charge in [-0.25, -0.2) is 0 Å². The Morgan fingerprint density at radius 3 is 2.30 bits per heavy atom. The van der Waals surface area contributed by atoms with Crippen LogP contribution >= 0.6 is 0 Å². The predicted molar refractivity (Wildman–Crippen MR) is 175 cm³/mol. The van der Waals surface area contributed by atoms with Crippen LogP contribution in [0, 0.1) is 56.7 Å². The molecule has 0 saturated heterocycles. The minimum absolute atomic E-state index is 0.0196. The van der Waals surface area contributed by atoms with Gasteiger partial charge in [-0.15, -0.1) is 0 Å². The topological polar surface area (TPSA) is 58.6 Å². The first-order chi connectivity index (χ1) is 20.2. The van der Waals surface area contributed by atoms with Crippen molar-refractivity contribution in [2.24, 2.45) is 56.7 Å². The van der Waals surface area contributed by atoms with E-state index in [1.54, 1.807) is 7.11 Å². The first-order valence-electron chi connectivity index (χ1n) is 17.5. The van der Waals surface area contributed by atoms with Gasteiger partial charge in [0.2, 0.25) is 5.91 Å². The Hall–Kier alpha value is -1.81. The Morgan fingerprint density at radius 2 is 1.63 bits per heavy atom. The van der Waals surface area contributed by atoms with E-state index in [9.17, 15) is 9.90 Å². The minimum Gasteiger partial charge on any atom is -0.497 e. The van der Waals surface area contributed by atoms with Crippen molar-refractivity contribution in [2.75, 3.05) is 13.7 Å². The molecule has 1 aromatic carbocycles. The second-order valence-corrected chi connectivity index (χ2v) is 17.1. The Balaban J connectivity index is 1.27. The van der Waals surface area contributed by atoms with Crippen molar-refractivity contribution >= 4 is 5.91 Å². The van der Waals surface area contributed by atoms with Crippen molar-refractivity contribution in [3.63, 3.8) is 0 Å². The zero-order valence-corrected chi connectivity index (χ0v) is 28.2.